The SMILES string of the molecule is Cn1ccnc1[C@H]1OCCC[C@@H]1Nc1c(C#N)c(=O)n(C)c(=O)n1C. The summed E-state index contributed by atoms with van der Waals surface area (Å²) in [5.41, 5.74) is -1.19. The lowest BCUT2D eigenvalue weighted by Crippen LogP contribution is -2.43. The molecule has 0 aromatic carbocycles. The van der Waals surface area contributed by atoms with Crippen LogP contribution in [0.4, 0.5) is 5.82 Å². The molecule has 0 amide bonds. The molecule has 9 heteroatoms. The molecular weight excluding hydrogens is 324 g/mol. The van der Waals surface area contributed by atoms with Gasteiger partial charge in [0.15, 0.2) is 5.56 Å². The maximum atomic E-state index is 12.2. The van der Waals surface area contributed by atoms with Crippen molar-refractivity contribution in [1.82, 2.24) is 18.7 Å². The van der Waals surface area contributed by atoms with Gasteiger partial charge >= 0.3 is 5.69 Å². The Morgan fingerprint density at radius 3 is 2.72 bits per heavy atom. The zero-order chi connectivity index (χ0) is 18.1. The van der Waals surface area contributed by atoms with Crippen LogP contribution < -0.4 is 16.6 Å². The predicted molar refractivity (Wildman–Crippen MR) is 90.2 cm³/mol. The van der Waals surface area contributed by atoms with E-state index in [0.29, 0.717) is 6.61 Å². The third kappa shape index (κ3) is 2.85. The number of nitrogens with one attached hydrogen (secondary N) is 1. The zero-order valence-corrected chi connectivity index (χ0v) is 14.4. The van der Waals surface area contributed by atoms with Crippen molar-refractivity contribution in [3.05, 3.63) is 44.6 Å². The Kier molecular flexibility index (Phi) is 4.46. The molecule has 1 fully saturated rings. The van der Waals surface area contributed by atoms with Crippen LogP contribution in [-0.2, 0) is 25.9 Å². The number of imidazole rings is 1. The molecule has 132 valence electrons. The third-order valence-corrected chi connectivity index (χ3v) is 4.53. The van der Waals surface area contributed by atoms with Gasteiger partial charge in [-0.3, -0.25) is 13.9 Å². The number of hydrogen-bond donors (Lipinski definition) is 1. The van der Waals surface area contributed by atoms with E-state index in [0.717, 1.165) is 23.2 Å². The molecule has 0 bridgehead atoms. The van der Waals surface area contributed by atoms with Crippen LogP contribution in [0.3, 0.4) is 0 Å². The van der Waals surface area contributed by atoms with Crippen molar-refractivity contribution in [2.24, 2.45) is 21.1 Å². The molecule has 1 N–H and O–H groups in total. The lowest BCUT2D eigenvalue weighted by atomic mass is 10.0. The lowest BCUT2D eigenvalue weighted by molar-refractivity contribution is -0.00144. The molecule has 1 saturated heterocycles. The average molecular weight is 344 g/mol. The van der Waals surface area contributed by atoms with E-state index in [1.54, 1.807) is 6.20 Å². The minimum atomic E-state index is -0.613. The first kappa shape index (κ1) is 17.0. The first-order chi connectivity index (χ1) is 12.0. The highest BCUT2D eigenvalue weighted by atomic mass is 16.5. The smallest absolute Gasteiger partial charge is 0.332 e. The van der Waals surface area contributed by atoms with Gasteiger partial charge in [0.05, 0.1) is 6.04 Å². The first-order valence-corrected chi connectivity index (χ1v) is 8.01. The maximum absolute atomic E-state index is 12.2. The molecule has 9 nitrogen and oxygen atoms in total. The van der Waals surface area contributed by atoms with Gasteiger partial charge in [-0.15, -0.1) is 0 Å². The molecule has 1 aliphatic rings. The van der Waals surface area contributed by atoms with E-state index in [9.17, 15) is 14.9 Å². The van der Waals surface area contributed by atoms with Crippen molar-refractivity contribution in [3.8, 4) is 6.07 Å². The van der Waals surface area contributed by atoms with Gasteiger partial charge in [0.25, 0.3) is 5.56 Å². The quantitative estimate of drug-likeness (QED) is 0.841. The van der Waals surface area contributed by atoms with Gasteiger partial charge in [0.2, 0.25) is 0 Å². The van der Waals surface area contributed by atoms with Crippen LogP contribution in [0.5, 0.6) is 0 Å². The summed E-state index contributed by atoms with van der Waals surface area (Å²) in [5.74, 6) is 0.967. The van der Waals surface area contributed by atoms with Crippen LogP contribution in [-0.4, -0.2) is 31.3 Å². The van der Waals surface area contributed by atoms with Crippen LogP contribution in [0.15, 0.2) is 22.0 Å². The summed E-state index contributed by atoms with van der Waals surface area (Å²) in [4.78, 5) is 28.8. The van der Waals surface area contributed by atoms with Gasteiger partial charge in [0.1, 0.15) is 23.8 Å². The number of ether oxygens (including phenoxy) is 1. The Hall–Kier alpha value is -2.86. The molecule has 2 aromatic rings. The number of hydrogen-bond acceptors (Lipinski definition) is 6. The van der Waals surface area contributed by atoms with E-state index in [4.69, 9.17) is 4.74 Å². The van der Waals surface area contributed by atoms with Crippen molar-refractivity contribution < 1.29 is 4.74 Å². The predicted octanol–water partition coefficient (Wildman–Crippen LogP) is 0.0214. The van der Waals surface area contributed by atoms with Gasteiger partial charge in [-0.1, -0.05) is 0 Å². The zero-order valence-electron chi connectivity index (χ0n) is 14.4. The Morgan fingerprint density at radius 2 is 2.08 bits per heavy atom. The van der Waals surface area contributed by atoms with Crippen molar-refractivity contribution >= 4 is 5.82 Å². The minimum absolute atomic E-state index is 0.0891. The minimum Gasteiger partial charge on any atom is -0.368 e. The maximum Gasteiger partial charge on any atom is 0.332 e. The van der Waals surface area contributed by atoms with Gasteiger partial charge < -0.3 is 14.6 Å². The topological polar surface area (TPSA) is 107 Å². The molecule has 0 unspecified atom stereocenters. The molecule has 2 atom stereocenters. The number of nitriles is 1. The fourth-order valence-electron chi connectivity index (χ4n) is 3.12. The number of aryl methyl sites for hydroxylation is 1. The third-order valence-electron chi connectivity index (χ3n) is 4.53. The molecule has 25 heavy (non-hydrogen) atoms. The molecule has 0 saturated carbocycles. The van der Waals surface area contributed by atoms with E-state index < -0.39 is 11.2 Å². The second-order valence-electron chi connectivity index (χ2n) is 6.12. The Labute approximate surface area is 144 Å². The van der Waals surface area contributed by atoms with Crippen molar-refractivity contribution in [2.75, 3.05) is 11.9 Å². The number of nitrogens with zero attached hydrogens (tertiary/aromatic N) is 5. The molecule has 0 aliphatic carbocycles. The Bertz CT molecular complexity index is 948. The second kappa shape index (κ2) is 6.57. The van der Waals surface area contributed by atoms with Crippen LogP contribution in [0, 0.1) is 11.3 Å². The summed E-state index contributed by atoms with van der Waals surface area (Å²) in [6, 6.07) is 1.70. The molecule has 3 heterocycles. The largest absolute Gasteiger partial charge is 0.368 e. The molecule has 1 aliphatic heterocycles. The fourth-order valence-corrected chi connectivity index (χ4v) is 3.12. The number of anilines is 1. The van der Waals surface area contributed by atoms with E-state index >= 15 is 0 Å². The fraction of sp³-hybridized carbons (Fsp3) is 0.500. The standard InChI is InChI=1S/C16H20N6O3/c1-20-7-6-18-14(20)12-11(5-4-8-25-12)19-13-10(9-17)15(23)22(3)16(24)21(13)2/h6-7,11-12,19H,4-5,8H2,1-3H3/t11-,12-/m0/s1. The van der Waals surface area contributed by atoms with E-state index in [1.165, 1.54) is 18.7 Å². The second-order valence-corrected chi connectivity index (χ2v) is 6.12. The monoisotopic (exact) mass is 344 g/mol. The van der Waals surface area contributed by atoms with Gasteiger partial charge in [-0.25, -0.2) is 9.78 Å². The molecule has 2 aromatic heterocycles. The van der Waals surface area contributed by atoms with Crippen LogP contribution in [0.25, 0.3) is 0 Å². The first-order valence-electron chi connectivity index (χ1n) is 8.01. The molecule has 3 rings (SSSR count). The lowest BCUT2D eigenvalue weighted by Gasteiger charge is -2.33. The average Bonchev–Trinajstić information content (AvgIpc) is 3.04. The Morgan fingerprint density at radius 1 is 1.32 bits per heavy atom. The van der Waals surface area contributed by atoms with Crippen LogP contribution >= 0.6 is 0 Å². The summed E-state index contributed by atoms with van der Waals surface area (Å²) in [5, 5.41) is 12.6. The van der Waals surface area contributed by atoms with Gasteiger partial charge in [-0.2, -0.15) is 5.26 Å². The van der Waals surface area contributed by atoms with E-state index in [2.05, 4.69) is 10.3 Å². The summed E-state index contributed by atoms with van der Waals surface area (Å²) in [6.45, 7) is 0.607. The van der Waals surface area contributed by atoms with Crippen LogP contribution in [0.1, 0.15) is 30.3 Å². The summed E-state index contributed by atoms with van der Waals surface area (Å²) in [6.07, 6.45) is 4.79. The summed E-state index contributed by atoms with van der Waals surface area (Å²) >= 11 is 0. The van der Waals surface area contributed by atoms with Crippen molar-refractivity contribution in [1.29, 1.82) is 5.26 Å². The van der Waals surface area contributed by atoms with E-state index in [-0.39, 0.29) is 23.5 Å². The summed E-state index contributed by atoms with van der Waals surface area (Å²) in [7, 11) is 4.77. The molecular formula is C16H20N6O3. The highest BCUT2D eigenvalue weighted by molar-refractivity contribution is 5.52. The van der Waals surface area contributed by atoms with E-state index in [1.807, 2.05) is 23.9 Å². The van der Waals surface area contributed by atoms with Crippen molar-refractivity contribution in [3.63, 3.8) is 0 Å². The highest BCUT2D eigenvalue weighted by Crippen LogP contribution is 2.29. The summed E-state index contributed by atoms with van der Waals surface area (Å²) < 4.78 is 9.97. The van der Waals surface area contributed by atoms with Crippen molar-refractivity contribution in [2.45, 2.75) is 25.0 Å². The highest BCUT2D eigenvalue weighted by Gasteiger charge is 2.32. The molecule has 0 spiro atoms. The molecule has 0 radical (unpaired) electrons. The normalized spacial score (nSPS) is 20.2. The number of rotatable bonds is 3. The van der Waals surface area contributed by atoms with Gasteiger partial charge in [-0.05, 0) is 12.8 Å². The number of aromatic nitrogens is 4. The Balaban J connectivity index is 2.04. The van der Waals surface area contributed by atoms with Gasteiger partial charge in [0, 0.05) is 40.1 Å². The van der Waals surface area contributed by atoms with Crippen LogP contribution in [0.2, 0.25) is 0 Å².